The molecule has 1 unspecified atom stereocenters. The molecule has 0 saturated heterocycles. The van der Waals surface area contributed by atoms with Crippen LogP contribution in [0.5, 0.6) is 0 Å². The van der Waals surface area contributed by atoms with E-state index < -0.39 is 5.92 Å². The van der Waals surface area contributed by atoms with E-state index in [1.54, 1.807) is 31.2 Å². The first-order chi connectivity index (χ1) is 10.5. The maximum absolute atomic E-state index is 13.6. The van der Waals surface area contributed by atoms with Crippen molar-refractivity contribution >= 4 is 23.2 Å². The minimum Gasteiger partial charge on any atom is -0.326 e. The first kappa shape index (κ1) is 14.3. The van der Waals surface area contributed by atoms with Gasteiger partial charge in [0, 0.05) is 17.8 Å². The molecule has 2 N–H and O–H groups in total. The molecule has 1 heterocycles. The van der Waals surface area contributed by atoms with Gasteiger partial charge in [0.25, 0.3) is 0 Å². The van der Waals surface area contributed by atoms with Crippen molar-refractivity contribution in [1.29, 1.82) is 0 Å². The highest BCUT2D eigenvalue weighted by atomic mass is 19.1. The summed E-state index contributed by atoms with van der Waals surface area (Å²) in [7, 11) is 0. The fraction of sp³-hybridized carbons (Fsp3) is 0.176. The Labute approximate surface area is 127 Å². The molecule has 5 heteroatoms. The molecule has 0 aromatic heterocycles. The van der Waals surface area contributed by atoms with Crippen molar-refractivity contribution in [2.45, 2.75) is 19.3 Å². The van der Waals surface area contributed by atoms with E-state index >= 15 is 0 Å². The number of carbonyl (C=O) groups is 2. The average molecular weight is 298 g/mol. The van der Waals surface area contributed by atoms with Crippen LogP contribution in [0.1, 0.15) is 23.5 Å². The van der Waals surface area contributed by atoms with Crippen LogP contribution in [0, 0.1) is 12.7 Å². The normalized spacial score (nSPS) is 16.6. The summed E-state index contributed by atoms with van der Waals surface area (Å²) in [5, 5.41) is 5.43. The molecule has 0 fully saturated rings. The van der Waals surface area contributed by atoms with E-state index in [0.717, 1.165) is 5.56 Å². The van der Waals surface area contributed by atoms with Crippen LogP contribution in [0.25, 0.3) is 0 Å². The number of halogens is 1. The van der Waals surface area contributed by atoms with Crippen molar-refractivity contribution in [3.8, 4) is 0 Å². The van der Waals surface area contributed by atoms with Crippen LogP contribution < -0.4 is 10.6 Å². The second-order valence-electron chi connectivity index (χ2n) is 5.35. The van der Waals surface area contributed by atoms with Crippen LogP contribution in [0.4, 0.5) is 15.8 Å². The molecule has 0 bridgehead atoms. The summed E-state index contributed by atoms with van der Waals surface area (Å²) < 4.78 is 13.6. The highest BCUT2D eigenvalue weighted by molar-refractivity contribution is 6.05. The Bertz CT molecular complexity index is 758. The van der Waals surface area contributed by atoms with Crippen molar-refractivity contribution in [3.63, 3.8) is 0 Å². The van der Waals surface area contributed by atoms with Gasteiger partial charge in [0.1, 0.15) is 5.82 Å². The molecule has 112 valence electrons. The number of benzene rings is 2. The number of rotatable bonds is 2. The third kappa shape index (κ3) is 2.70. The van der Waals surface area contributed by atoms with Gasteiger partial charge in [0.2, 0.25) is 11.8 Å². The Morgan fingerprint density at radius 2 is 2.05 bits per heavy atom. The average Bonchev–Trinajstić information content (AvgIpc) is 2.50. The lowest BCUT2D eigenvalue weighted by Crippen LogP contribution is -2.30. The molecule has 0 aliphatic carbocycles. The summed E-state index contributed by atoms with van der Waals surface area (Å²) in [6, 6.07) is 11.7. The molecule has 1 aliphatic rings. The number of anilines is 2. The quantitative estimate of drug-likeness (QED) is 0.894. The minimum atomic E-state index is -0.575. The molecular formula is C17H15FN2O2. The highest BCUT2D eigenvalue weighted by Gasteiger charge is 2.30. The van der Waals surface area contributed by atoms with Gasteiger partial charge in [0.05, 0.1) is 5.92 Å². The third-order valence-electron chi connectivity index (χ3n) is 3.76. The number of hydrogen-bond acceptors (Lipinski definition) is 2. The van der Waals surface area contributed by atoms with Gasteiger partial charge in [-0.15, -0.1) is 0 Å². The maximum Gasteiger partial charge on any atom is 0.232 e. The number of carbonyl (C=O) groups excluding carboxylic acids is 2. The fourth-order valence-corrected chi connectivity index (χ4v) is 2.55. The summed E-state index contributed by atoms with van der Waals surface area (Å²) in [5.41, 5.74) is 2.32. The molecule has 4 nitrogen and oxygen atoms in total. The lowest BCUT2D eigenvalue weighted by atomic mass is 9.90. The van der Waals surface area contributed by atoms with Crippen molar-refractivity contribution in [2.75, 3.05) is 10.6 Å². The van der Waals surface area contributed by atoms with Gasteiger partial charge in [0.15, 0.2) is 0 Å². The van der Waals surface area contributed by atoms with E-state index in [4.69, 9.17) is 0 Å². The highest BCUT2D eigenvalue weighted by Crippen LogP contribution is 2.32. The van der Waals surface area contributed by atoms with Crippen LogP contribution in [0.15, 0.2) is 42.5 Å². The predicted molar refractivity (Wildman–Crippen MR) is 82.2 cm³/mol. The molecule has 1 aliphatic heterocycles. The van der Waals surface area contributed by atoms with E-state index in [0.29, 0.717) is 16.9 Å². The summed E-state index contributed by atoms with van der Waals surface area (Å²) in [6.07, 6.45) is 0.0805. The first-order valence-corrected chi connectivity index (χ1v) is 7.00. The van der Waals surface area contributed by atoms with Crippen LogP contribution in [-0.2, 0) is 9.59 Å². The number of nitrogens with one attached hydrogen (secondary N) is 2. The molecule has 2 aromatic carbocycles. The Balaban J connectivity index is 1.86. The Morgan fingerprint density at radius 3 is 2.82 bits per heavy atom. The molecule has 2 aromatic rings. The Morgan fingerprint density at radius 1 is 1.27 bits per heavy atom. The standard InChI is InChI=1S/C17H15FN2O2/c1-10-6-7-11(8-14(10)18)19-17(22)13-9-16(21)20-15-5-3-2-4-12(13)15/h2-8,13H,9H2,1H3,(H,19,22)(H,20,21). The first-order valence-electron chi connectivity index (χ1n) is 7.00. The monoisotopic (exact) mass is 298 g/mol. The van der Waals surface area contributed by atoms with Crippen LogP contribution >= 0.6 is 0 Å². The van der Waals surface area contributed by atoms with Crippen molar-refractivity contribution in [2.24, 2.45) is 0 Å². The third-order valence-corrected chi connectivity index (χ3v) is 3.76. The molecule has 0 radical (unpaired) electrons. The minimum absolute atomic E-state index is 0.0805. The fourth-order valence-electron chi connectivity index (χ4n) is 2.55. The lowest BCUT2D eigenvalue weighted by Gasteiger charge is -2.24. The smallest absolute Gasteiger partial charge is 0.232 e. The molecule has 1 atom stereocenters. The number of amides is 2. The van der Waals surface area contributed by atoms with Crippen molar-refractivity contribution in [3.05, 3.63) is 59.4 Å². The lowest BCUT2D eigenvalue weighted by molar-refractivity contribution is -0.123. The van der Waals surface area contributed by atoms with Crippen molar-refractivity contribution < 1.29 is 14.0 Å². The van der Waals surface area contributed by atoms with Crippen LogP contribution in [0.2, 0.25) is 0 Å². The van der Waals surface area contributed by atoms with Gasteiger partial charge in [-0.1, -0.05) is 24.3 Å². The molecular weight excluding hydrogens is 283 g/mol. The zero-order valence-electron chi connectivity index (χ0n) is 12.0. The van der Waals surface area contributed by atoms with E-state index in [9.17, 15) is 14.0 Å². The number of fused-ring (bicyclic) bond motifs is 1. The molecule has 22 heavy (non-hydrogen) atoms. The second kappa shape index (κ2) is 5.60. The summed E-state index contributed by atoms with van der Waals surface area (Å²) in [6.45, 7) is 1.66. The Hall–Kier alpha value is -2.69. The number of hydrogen-bond donors (Lipinski definition) is 2. The van der Waals surface area contributed by atoms with Gasteiger partial charge in [-0.05, 0) is 36.2 Å². The van der Waals surface area contributed by atoms with Crippen LogP contribution in [0.3, 0.4) is 0 Å². The van der Waals surface area contributed by atoms with Gasteiger partial charge in [-0.25, -0.2) is 4.39 Å². The zero-order chi connectivity index (χ0) is 15.7. The van der Waals surface area contributed by atoms with Gasteiger partial charge in [-0.3, -0.25) is 9.59 Å². The summed E-state index contributed by atoms with van der Waals surface area (Å²) >= 11 is 0. The SMILES string of the molecule is Cc1ccc(NC(=O)C2CC(=O)Nc3ccccc32)cc1F. The Kier molecular flexibility index (Phi) is 3.63. The van der Waals surface area contributed by atoms with Gasteiger partial charge in [-0.2, -0.15) is 0 Å². The molecule has 3 rings (SSSR count). The number of aryl methyl sites for hydroxylation is 1. The summed E-state index contributed by atoms with van der Waals surface area (Å²) in [4.78, 5) is 24.2. The molecule has 0 saturated carbocycles. The second-order valence-corrected chi connectivity index (χ2v) is 5.35. The van der Waals surface area contributed by atoms with Crippen LogP contribution in [-0.4, -0.2) is 11.8 Å². The van der Waals surface area contributed by atoms with Gasteiger partial charge < -0.3 is 10.6 Å². The zero-order valence-corrected chi connectivity index (χ0v) is 12.0. The van der Waals surface area contributed by atoms with E-state index in [2.05, 4.69) is 10.6 Å². The van der Waals surface area contributed by atoms with E-state index in [1.165, 1.54) is 6.07 Å². The predicted octanol–water partition coefficient (Wildman–Crippen LogP) is 3.20. The largest absolute Gasteiger partial charge is 0.326 e. The molecule has 2 amide bonds. The summed E-state index contributed by atoms with van der Waals surface area (Å²) in [5.74, 6) is -1.46. The maximum atomic E-state index is 13.6. The van der Waals surface area contributed by atoms with Crippen molar-refractivity contribution in [1.82, 2.24) is 0 Å². The van der Waals surface area contributed by atoms with E-state index in [-0.39, 0.29) is 24.1 Å². The number of para-hydroxylation sites is 1. The molecule has 0 spiro atoms. The van der Waals surface area contributed by atoms with E-state index in [1.807, 2.05) is 12.1 Å². The van der Waals surface area contributed by atoms with Gasteiger partial charge >= 0.3 is 0 Å². The topological polar surface area (TPSA) is 58.2 Å².